The summed E-state index contributed by atoms with van der Waals surface area (Å²) in [6, 6.07) is 2.17. The van der Waals surface area contributed by atoms with Crippen molar-refractivity contribution >= 4 is 33.8 Å². The van der Waals surface area contributed by atoms with Crippen LogP contribution in [0.25, 0.3) is 0 Å². The van der Waals surface area contributed by atoms with Gasteiger partial charge in [0.25, 0.3) is 17.2 Å². The zero-order chi connectivity index (χ0) is 20.6. The molecule has 1 atom stereocenters. The lowest BCUT2D eigenvalue weighted by molar-refractivity contribution is -0.386. The Hall–Kier alpha value is -3.01. The number of hydrogen-bond donors (Lipinski definition) is 2. The molecule has 0 radical (unpaired) electrons. The molecule has 2 heterocycles. The molecule has 10 heteroatoms. The zero-order valence-electron chi connectivity index (χ0n) is 15.5. The molecule has 0 aromatic carbocycles. The van der Waals surface area contributed by atoms with E-state index in [0.29, 0.717) is 16.5 Å². The molecule has 1 unspecified atom stereocenters. The normalized spacial score (nSPS) is 15.7. The molecule has 148 valence electrons. The highest BCUT2D eigenvalue weighted by Crippen LogP contribution is 2.39. The van der Waals surface area contributed by atoms with E-state index < -0.39 is 28.8 Å². The van der Waals surface area contributed by atoms with Crippen molar-refractivity contribution < 1.29 is 14.5 Å². The standard InChI is InChI=1S/C18H20N4O5S/c1-9-3-4-11-13(7-9)28-18(16(11)17(19)25)20-14(23)8-21-10(2)12(22(26)27)5-6-15(21)24/h5-6,9H,3-4,7-8H2,1-2H3,(H2,19,25)(H,20,23). The van der Waals surface area contributed by atoms with Crippen LogP contribution in [0.5, 0.6) is 0 Å². The summed E-state index contributed by atoms with van der Waals surface area (Å²) >= 11 is 1.32. The van der Waals surface area contributed by atoms with Gasteiger partial charge >= 0.3 is 0 Å². The maximum Gasteiger partial charge on any atom is 0.288 e. The van der Waals surface area contributed by atoms with Gasteiger partial charge in [-0.15, -0.1) is 11.3 Å². The molecule has 3 rings (SSSR count). The van der Waals surface area contributed by atoms with Gasteiger partial charge in [0.1, 0.15) is 11.5 Å². The Labute approximate surface area is 164 Å². The lowest BCUT2D eigenvalue weighted by Gasteiger charge is -2.18. The highest BCUT2D eigenvalue weighted by molar-refractivity contribution is 7.17. The fourth-order valence-corrected chi connectivity index (χ4v) is 4.90. The van der Waals surface area contributed by atoms with E-state index in [9.17, 15) is 24.5 Å². The fourth-order valence-electron chi connectivity index (χ4n) is 3.46. The minimum Gasteiger partial charge on any atom is -0.365 e. The molecule has 2 amide bonds. The number of nitrogens with zero attached hydrogens (tertiary/aromatic N) is 2. The first-order valence-corrected chi connectivity index (χ1v) is 9.59. The van der Waals surface area contributed by atoms with Crippen molar-refractivity contribution in [1.29, 1.82) is 0 Å². The second-order valence-electron chi connectivity index (χ2n) is 6.95. The van der Waals surface area contributed by atoms with Crippen LogP contribution in [0.3, 0.4) is 0 Å². The van der Waals surface area contributed by atoms with E-state index in [1.807, 2.05) is 0 Å². The van der Waals surface area contributed by atoms with Crippen LogP contribution >= 0.6 is 11.3 Å². The van der Waals surface area contributed by atoms with Gasteiger partial charge in [0, 0.05) is 17.0 Å². The third-order valence-electron chi connectivity index (χ3n) is 4.93. The summed E-state index contributed by atoms with van der Waals surface area (Å²) in [6.07, 6.45) is 2.49. The van der Waals surface area contributed by atoms with Crippen molar-refractivity contribution in [2.75, 3.05) is 5.32 Å². The number of primary amides is 1. The van der Waals surface area contributed by atoms with Crippen LogP contribution in [0.15, 0.2) is 16.9 Å². The van der Waals surface area contributed by atoms with E-state index >= 15 is 0 Å². The Morgan fingerprint density at radius 3 is 2.79 bits per heavy atom. The molecule has 1 aliphatic rings. The monoisotopic (exact) mass is 404 g/mol. The number of hydrogen-bond acceptors (Lipinski definition) is 6. The fraction of sp³-hybridized carbons (Fsp3) is 0.389. The summed E-state index contributed by atoms with van der Waals surface area (Å²) in [5, 5.41) is 14.1. The molecule has 3 N–H and O–H groups in total. The van der Waals surface area contributed by atoms with Crippen molar-refractivity contribution in [2.45, 2.75) is 39.7 Å². The van der Waals surface area contributed by atoms with E-state index in [0.717, 1.165) is 46.4 Å². The number of fused-ring (bicyclic) bond motifs is 1. The Kier molecular flexibility index (Phi) is 5.32. The first kappa shape index (κ1) is 19.7. The van der Waals surface area contributed by atoms with E-state index in [1.165, 1.54) is 18.3 Å². The number of carbonyl (C=O) groups is 2. The molecule has 0 spiro atoms. The highest BCUT2D eigenvalue weighted by atomic mass is 32.1. The number of thiophene rings is 1. The molecule has 2 aromatic heterocycles. The van der Waals surface area contributed by atoms with Crippen molar-refractivity contribution in [1.82, 2.24) is 4.57 Å². The summed E-state index contributed by atoms with van der Waals surface area (Å²) in [4.78, 5) is 48.0. The summed E-state index contributed by atoms with van der Waals surface area (Å²) in [6.45, 7) is 3.14. The molecule has 1 aliphatic carbocycles. The van der Waals surface area contributed by atoms with Gasteiger partial charge in [0.2, 0.25) is 5.91 Å². The molecule has 9 nitrogen and oxygen atoms in total. The molecule has 0 aliphatic heterocycles. The van der Waals surface area contributed by atoms with Crippen molar-refractivity contribution in [2.24, 2.45) is 11.7 Å². The minimum atomic E-state index is -0.608. The van der Waals surface area contributed by atoms with Gasteiger partial charge in [-0.2, -0.15) is 0 Å². The average Bonchev–Trinajstić information content (AvgIpc) is 2.95. The van der Waals surface area contributed by atoms with Gasteiger partial charge in [-0.1, -0.05) is 6.92 Å². The summed E-state index contributed by atoms with van der Waals surface area (Å²) in [5.74, 6) is -0.674. The van der Waals surface area contributed by atoms with Crippen LogP contribution in [0.1, 0.15) is 39.8 Å². The van der Waals surface area contributed by atoms with E-state index in [2.05, 4.69) is 12.2 Å². The minimum absolute atomic E-state index is 0.0853. The van der Waals surface area contributed by atoms with E-state index in [1.54, 1.807) is 0 Å². The largest absolute Gasteiger partial charge is 0.365 e. The molecule has 0 bridgehead atoms. The first-order chi connectivity index (χ1) is 13.2. The summed E-state index contributed by atoms with van der Waals surface area (Å²) in [5.41, 5.74) is 6.06. The summed E-state index contributed by atoms with van der Waals surface area (Å²) in [7, 11) is 0. The average molecular weight is 404 g/mol. The lowest BCUT2D eigenvalue weighted by atomic mass is 9.88. The number of nitro groups is 1. The number of aromatic nitrogens is 1. The molecular formula is C18H20N4O5S. The maximum atomic E-state index is 12.5. The predicted octanol–water partition coefficient (Wildman–Crippen LogP) is 1.99. The number of rotatable bonds is 5. The molecule has 0 saturated heterocycles. The zero-order valence-corrected chi connectivity index (χ0v) is 16.3. The number of carbonyl (C=O) groups excluding carboxylic acids is 2. The second-order valence-corrected chi connectivity index (χ2v) is 8.06. The lowest BCUT2D eigenvalue weighted by Crippen LogP contribution is -2.29. The van der Waals surface area contributed by atoms with Gasteiger partial charge in [-0.25, -0.2) is 0 Å². The van der Waals surface area contributed by atoms with Crippen molar-refractivity contribution in [3.63, 3.8) is 0 Å². The number of amides is 2. The van der Waals surface area contributed by atoms with Crippen LogP contribution in [0.2, 0.25) is 0 Å². The van der Waals surface area contributed by atoms with Gasteiger partial charge in [0.05, 0.1) is 16.2 Å². The van der Waals surface area contributed by atoms with Crippen LogP contribution in [-0.4, -0.2) is 21.3 Å². The quantitative estimate of drug-likeness (QED) is 0.580. The Balaban J connectivity index is 1.89. The summed E-state index contributed by atoms with van der Waals surface area (Å²) < 4.78 is 1.03. The van der Waals surface area contributed by atoms with Crippen LogP contribution in [-0.2, 0) is 24.2 Å². The van der Waals surface area contributed by atoms with Crippen molar-refractivity contribution in [3.8, 4) is 0 Å². The number of nitrogens with two attached hydrogens (primary N) is 1. The predicted molar refractivity (Wildman–Crippen MR) is 105 cm³/mol. The third-order valence-corrected chi connectivity index (χ3v) is 6.10. The Morgan fingerprint density at radius 2 is 2.14 bits per heavy atom. The maximum absolute atomic E-state index is 12.5. The van der Waals surface area contributed by atoms with Crippen molar-refractivity contribution in [3.05, 3.63) is 54.3 Å². The molecular weight excluding hydrogens is 384 g/mol. The van der Waals surface area contributed by atoms with Crippen LogP contribution in [0, 0.1) is 23.0 Å². The van der Waals surface area contributed by atoms with Gasteiger partial charge < -0.3 is 11.1 Å². The Bertz CT molecular complexity index is 1040. The van der Waals surface area contributed by atoms with E-state index in [4.69, 9.17) is 5.73 Å². The topological polar surface area (TPSA) is 137 Å². The molecule has 0 fully saturated rings. The molecule has 2 aromatic rings. The van der Waals surface area contributed by atoms with E-state index in [-0.39, 0.29) is 11.4 Å². The highest BCUT2D eigenvalue weighted by Gasteiger charge is 2.27. The number of anilines is 1. The molecule has 0 saturated carbocycles. The Morgan fingerprint density at radius 1 is 1.43 bits per heavy atom. The van der Waals surface area contributed by atoms with Crippen LogP contribution < -0.4 is 16.6 Å². The van der Waals surface area contributed by atoms with Crippen LogP contribution in [0.4, 0.5) is 10.7 Å². The number of pyridine rings is 1. The van der Waals surface area contributed by atoms with Gasteiger partial charge in [-0.3, -0.25) is 29.1 Å². The third kappa shape index (κ3) is 3.68. The SMILES string of the molecule is Cc1c([N+](=O)[O-])ccc(=O)n1CC(=O)Nc1sc2c(c1C(N)=O)CCC(C)C2. The first-order valence-electron chi connectivity index (χ1n) is 8.78. The van der Waals surface area contributed by atoms with Gasteiger partial charge in [-0.05, 0) is 37.7 Å². The molecule has 28 heavy (non-hydrogen) atoms. The second kappa shape index (κ2) is 7.55. The smallest absolute Gasteiger partial charge is 0.288 e. The van der Waals surface area contributed by atoms with Gasteiger partial charge in [0.15, 0.2) is 0 Å². The number of nitrogens with one attached hydrogen (secondary N) is 1.